The number of ether oxygens (including phenoxy) is 1. The SMILES string of the molecule is CC(C(=O)OC(C)(C)C)c1cc2cc(F)ccc2o1. The van der Waals surface area contributed by atoms with E-state index in [-0.39, 0.29) is 11.8 Å². The molecule has 0 amide bonds. The van der Waals surface area contributed by atoms with Crippen LogP contribution in [0.2, 0.25) is 0 Å². The molecule has 0 N–H and O–H groups in total. The maximum absolute atomic E-state index is 13.1. The third kappa shape index (κ3) is 3.13. The van der Waals surface area contributed by atoms with Crippen molar-refractivity contribution in [3.8, 4) is 0 Å². The fourth-order valence-corrected chi connectivity index (χ4v) is 1.75. The standard InChI is InChI=1S/C15H17FO3/c1-9(14(17)19-15(2,3)4)13-8-10-7-11(16)5-6-12(10)18-13/h5-9H,1-4H3. The van der Waals surface area contributed by atoms with Gasteiger partial charge in [-0.1, -0.05) is 0 Å². The number of carbonyl (C=O) groups is 1. The molecule has 2 aromatic rings. The predicted octanol–water partition coefficient (Wildman–Crippen LogP) is 4.02. The van der Waals surface area contributed by atoms with E-state index in [2.05, 4.69) is 0 Å². The van der Waals surface area contributed by atoms with E-state index in [0.29, 0.717) is 16.7 Å². The van der Waals surface area contributed by atoms with Crippen LogP contribution in [0.3, 0.4) is 0 Å². The Bertz CT molecular complexity index is 607. The molecule has 0 radical (unpaired) electrons. The first-order valence-corrected chi connectivity index (χ1v) is 6.18. The fourth-order valence-electron chi connectivity index (χ4n) is 1.75. The van der Waals surface area contributed by atoms with Crippen LogP contribution in [-0.2, 0) is 9.53 Å². The van der Waals surface area contributed by atoms with Crippen LogP contribution in [0.4, 0.5) is 4.39 Å². The van der Waals surface area contributed by atoms with Crippen molar-refractivity contribution in [2.75, 3.05) is 0 Å². The Labute approximate surface area is 111 Å². The molecule has 19 heavy (non-hydrogen) atoms. The minimum absolute atomic E-state index is 0.329. The largest absolute Gasteiger partial charge is 0.460 e. The Balaban J connectivity index is 2.26. The number of fused-ring (bicyclic) bond motifs is 1. The molecule has 0 saturated heterocycles. The first-order chi connectivity index (χ1) is 8.76. The summed E-state index contributed by atoms with van der Waals surface area (Å²) in [6.07, 6.45) is 0. The highest BCUT2D eigenvalue weighted by atomic mass is 19.1. The van der Waals surface area contributed by atoms with Gasteiger partial charge in [0.2, 0.25) is 0 Å². The predicted molar refractivity (Wildman–Crippen MR) is 70.4 cm³/mol. The third-order valence-corrected chi connectivity index (χ3v) is 2.68. The Morgan fingerprint density at radius 3 is 2.63 bits per heavy atom. The van der Waals surface area contributed by atoms with Gasteiger partial charge in [-0.25, -0.2) is 4.39 Å². The van der Waals surface area contributed by atoms with Crippen molar-refractivity contribution in [1.82, 2.24) is 0 Å². The van der Waals surface area contributed by atoms with Crippen LogP contribution in [0.25, 0.3) is 11.0 Å². The van der Waals surface area contributed by atoms with Gasteiger partial charge in [-0.15, -0.1) is 0 Å². The molecule has 3 nitrogen and oxygen atoms in total. The molecule has 0 aliphatic carbocycles. The lowest BCUT2D eigenvalue weighted by molar-refractivity contribution is -0.156. The lowest BCUT2D eigenvalue weighted by atomic mass is 10.1. The van der Waals surface area contributed by atoms with E-state index in [4.69, 9.17) is 9.15 Å². The van der Waals surface area contributed by atoms with Gasteiger partial charge in [0.15, 0.2) is 0 Å². The highest BCUT2D eigenvalue weighted by Crippen LogP contribution is 2.27. The van der Waals surface area contributed by atoms with Crippen LogP contribution in [0.5, 0.6) is 0 Å². The number of rotatable bonds is 2. The molecule has 2 rings (SSSR count). The molecule has 1 aromatic carbocycles. The van der Waals surface area contributed by atoms with Gasteiger partial charge in [-0.3, -0.25) is 4.79 Å². The molecule has 0 saturated carbocycles. The summed E-state index contributed by atoms with van der Waals surface area (Å²) >= 11 is 0. The summed E-state index contributed by atoms with van der Waals surface area (Å²) in [4.78, 5) is 11.9. The van der Waals surface area contributed by atoms with Crippen LogP contribution in [0.1, 0.15) is 39.4 Å². The number of hydrogen-bond donors (Lipinski definition) is 0. The quantitative estimate of drug-likeness (QED) is 0.769. The molecule has 0 fully saturated rings. The Hall–Kier alpha value is -1.84. The molecule has 1 heterocycles. The van der Waals surface area contributed by atoms with E-state index in [9.17, 15) is 9.18 Å². The van der Waals surface area contributed by atoms with Crippen molar-refractivity contribution >= 4 is 16.9 Å². The van der Waals surface area contributed by atoms with Crippen molar-refractivity contribution < 1.29 is 18.3 Å². The maximum Gasteiger partial charge on any atom is 0.316 e. The smallest absolute Gasteiger partial charge is 0.316 e. The Kier molecular flexibility index (Phi) is 3.35. The second-order valence-corrected chi connectivity index (χ2v) is 5.59. The number of hydrogen-bond acceptors (Lipinski definition) is 3. The maximum atomic E-state index is 13.1. The third-order valence-electron chi connectivity index (χ3n) is 2.68. The summed E-state index contributed by atoms with van der Waals surface area (Å²) in [5.41, 5.74) is 0.0236. The Morgan fingerprint density at radius 1 is 1.32 bits per heavy atom. The van der Waals surface area contributed by atoms with Gasteiger partial charge >= 0.3 is 5.97 Å². The molecule has 0 spiro atoms. The van der Waals surface area contributed by atoms with Crippen LogP contribution < -0.4 is 0 Å². The van der Waals surface area contributed by atoms with E-state index in [1.54, 1.807) is 19.1 Å². The lowest BCUT2D eigenvalue weighted by Crippen LogP contribution is -2.26. The number of furan rings is 1. The summed E-state index contributed by atoms with van der Waals surface area (Å²) in [6, 6.07) is 5.93. The topological polar surface area (TPSA) is 39.4 Å². The minimum Gasteiger partial charge on any atom is -0.460 e. The first-order valence-electron chi connectivity index (χ1n) is 6.18. The zero-order valence-electron chi connectivity index (χ0n) is 11.5. The van der Waals surface area contributed by atoms with Crippen LogP contribution in [0, 0.1) is 5.82 Å². The summed E-state index contributed by atoms with van der Waals surface area (Å²) in [5, 5.41) is 0.644. The number of esters is 1. The van der Waals surface area contributed by atoms with Crippen molar-refractivity contribution in [3.63, 3.8) is 0 Å². The molecule has 0 bridgehead atoms. The highest BCUT2D eigenvalue weighted by molar-refractivity contribution is 5.82. The van der Waals surface area contributed by atoms with Crippen LogP contribution >= 0.6 is 0 Å². The second-order valence-electron chi connectivity index (χ2n) is 5.59. The van der Waals surface area contributed by atoms with Gasteiger partial charge < -0.3 is 9.15 Å². The van der Waals surface area contributed by atoms with Crippen molar-refractivity contribution in [2.24, 2.45) is 0 Å². The highest BCUT2D eigenvalue weighted by Gasteiger charge is 2.25. The fraction of sp³-hybridized carbons (Fsp3) is 0.400. The first kappa shape index (κ1) is 13.6. The van der Waals surface area contributed by atoms with Crippen LogP contribution in [-0.4, -0.2) is 11.6 Å². The molecule has 1 aromatic heterocycles. The van der Waals surface area contributed by atoms with E-state index in [1.165, 1.54) is 12.1 Å². The number of benzene rings is 1. The number of carbonyl (C=O) groups excluding carboxylic acids is 1. The molecule has 0 aliphatic heterocycles. The zero-order valence-corrected chi connectivity index (χ0v) is 11.5. The summed E-state index contributed by atoms with van der Waals surface area (Å²) < 4.78 is 23.9. The van der Waals surface area contributed by atoms with E-state index in [0.717, 1.165) is 0 Å². The van der Waals surface area contributed by atoms with Crippen molar-refractivity contribution in [2.45, 2.75) is 39.2 Å². The van der Waals surface area contributed by atoms with E-state index < -0.39 is 11.5 Å². The molecular formula is C15H17FO3. The minimum atomic E-state index is -0.538. The van der Waals surface area contributed by atoms with Crippen molar-refractivity contribution in [1.29, 1.82) is 0 Å². The summed E-state index contributed by atoms with van der Waals surface area (Å²) in [6.45, 7) is 7.14. The zero-order chi connectivity index (χ0) is 14.2. The van der Waals surface area contributed by atoms with Gasteiger partial charge in [0.25, 0.3) is 0 Å². The van der Waals surface area contributed by atoms with Crippen LogP contribution in [0.15, 0.2) is 28.7 Å². The lowest BCUT2D eigenvalue weighted by Gasteiger charge is -2.21. The molecular weight excluding hydrogens is 247 g/mol. The Morgan fingerprint density at radius 2 is 2.00 bits per heavy atom. The van der Waals surface area contributed by atoms with Gasteiger partial charge in [-0.2, -0.15) is 0 Å². The molecule has 1 unspecified atom stereocenters. The molecule has 1 atom stereocenters. The molecule has 4 heteroatoms. The van der Waals surface area contributed by atoms with Gasteiger partial charge in [0, 0.05) is 5.39 Å². The van der Waals surface area contributed by atoms with Gasteiger partial charge in [-0.05, 0) is 52.0 Å². The second kappa shape index (κ2) is 4.68. The average molecular weight is 264 g/mol. The molecule has 102 valence electrons. The van der Waals surface area contributed by atoms with Gasteiger partial charge in [0.05, 0.1) is 0 Å². The molecule has 0 aliphatic rings. The average Bonchev–Trinajstić information content (AvgIpc) is 2.68. The number of halogens is 1. The normalized spacial score (nSPS) is 13.5. The van der Waals surface area contributed by atoms with Gasteiger partial charge in [0.1, 0.15) is 28.7 Å². The van der Waals surface area contributed by atoms with E-state index in [1.807, 2.05) is 20.8 Å². The van der Waals surface area contributed by atoms with E-state index >= 15 is 0 Å². The summed E-state index contributed by atoms with van der Waals surface area (Å²) in [5.74, 6) is -0.721. The monoisotopic (exact) mass is 264 g/mol. The summed E-state index contributed by atoms with van der Waals surface area (Å²) in [7, 11) is 0. The van der Waals surface area contributed by atoms with Crippen molar-refractivity contribution in [3.05, 3.63) is 35.8 Å².